The van der Waals surface area contributed by atoms with Crippen molar-refractivity contribution in [2.45, 2.75) is 58.2 Å². The van der Waals surface area contributed by atoms with Crippen LogP contribution in [0.1, 0.15) is 44.5 Å². The van der Waals surface area contributed by atoms with E-state index in [1.807, 2.05) is 4.90 Å². The lowest BCUT2D eigenvalue weighted by Crippen LogP contribution is -2.53. The fraction of sp³-hybridized carbons (Fsp3) is 0.632. The van der Waals surface area contributed by atoms with Crippen molar-refractivity contribution >= 4 is 28.1 Å². The molecule has 1 spiro atoms. The largest absolute Gasteiger partial charge is 0.352 e. The molecule has 2 aromatic rings. The van der Waals surface area contributed by atoms with Gasteiger partial charge in [0.15, 0.2) is 4.96 Å². The minimum atomic E-state index is -0.111. The van der Waals surface area contributed by atoms with E-state index in [-0.39, 0.29) is 23.4 Å². The first-order valence-electron chi connectivity index (χ1n) is 9.57. The van der Waals surface area contributed by atoms with Crippen LogP contribution >= 0.6 is 11.3 Å². The van der Waals surface area contributed by atoms with Crippen molar-refractivity contribution in [3.8, 4) is 0 Å². The number of aromatic nitrogens is 2. The average Bonchev–Trinajstić information content (AvgIpc) is 3.25. The van der Waals surface area contributed by atoms with Crippen LogP contribution < -0.4 is 5.32 Å². The molecule has 27 heavy (non-hydrogen) atoms. The number of aryl methyl sites for hydroxylation is 1. The summed E-state index contributed by atoms with van der Waals surface area (Å²) in [5.74, 6) is 0.0943. The van der Waals surface area contributed by atoms with Gasteiger partial charge in [-0.2, -0.15) is 0 Å². The van der Waals surface area contributed by atoms with Gasteiger partial charge in [0.05, 0.1) is 11.4 Å². The van der Waals surface area contributed by atoms with E-state index >= 15 is 0 Å². The molecule has 2 saturated heterocycles. The van der Waals surface area contributed by atoms with Gasteiger partial charge in [-0.05, 0) is 26.2 Å². The van der Waals surface area contributed by atoms with Crippen LogP contribution in [0.4, 0.5) is 0 Å². The quantitative estimate of drug-likeness (QED) is 0.869. The summed E-state index contributed by atoms with van der Waals surface area (Å²) >= 11 is 1.66. The van der Waals surface area contributed by atoms with E-state index in [0.717, 1.165) is 49.6 Å². The highest BCUT2D eigenvalue weighted by atomic mass is 32.1. The molecule has 0 aliphatic carbocycles. The number of hydrogen-bond acceptors (Lipinski definition) is 5. The molecule has 0 aromatic carbocycles. The van der Waals surface area contributed by atoms with Crippen LogP contribution in [0.2, 0.25) is 0 Å². The SMILES string of the molecule is CC(=O)NC1CN(C(C)=O)C2(CCN(Cc3c(C)nc4sccn34)CC2)C1. The summed E-state index contributed by atoms with van der Waals surface area (Å²) in [4.78, 5) is 33.9. The molecule has 146 valence electrons. The highest BCUT2D eigenvalue weighted by Gasteiger charge is 2.48. The number of amides is 2. The summed E-state index contributed by atoms with van der Waals surface area (Å²) in [6.07, 6.45) is 4.86. The lowest BCUT2D eigenvalue weighted by Gasteiger charge is -2.44. The zero-order valence-electron chi connectivity index (χ0n) is 16.2. The second-order valence-corrected chi connectivity index (χ2v) is 8.80. The lowest BCUT2D eigenvalue weighted by atomic mass is 9.84. The summed E-state index contributed by atoms with van der Waals surface area (Å²) in [6.45, 7) is 8.69. The molecular weight excluding hydrogens is 362 g/mol. The summed E-state index contributed by atoms with van der Waals surface area (Å²) in [5.41, 5.74) is 2.24. The van der Waals surface area contributed by atoms with Gasteiger partial charge in [0.25, 0.3) is 0 Å². The number of nitrogens with zero attached hydrogens (tertiary/aromatic N) is 4. The number of rotatable bonds is 3. The fourth-order valence-corrected chi connectivity index (χ4v) is 5.62. The smallest absolute Gasteiger partial charge is 0.219 e. The Kier molecular flexibility index (Phi) is 4.71. The van der Waals surface area contributed by atoms with Crippen molar-refractivity contribution in [1.29, 1.82) is 0 Å². The molecule has 1 unspecified atom stereocenters. The minimum absolute atomic E-state index is 0.0195. The van der Waals surface area contributed by atoms with Crippen LogP contribution in [0, 0.1) is 6.92 Å². The Morgan fingerprint density at radius 3 is 2.74 bits per heavy atom. The summed E-state index contributed by atoms with van der Waals surface area (Å²) in [7, 11) is 0. The molecule has 0 radical (unpaired) electrons. The van der Waals surface area contributed by atoms with Crippen LogP contribution in [-0.2, 0) is 16.1 Å². The van der Waals surface area contributed by atoms with Crippen molar-refractivity contribution in [2.75, 3.05) is 19.6 Å². The Morgan fingerprint density at radius 2 is 2.07 bits per heavy atom. The number of nitrogens with one attached hydrogen (secondary N) is 1. The van der Waals surface area contributed by atoms with E-state index in [1.165, 1.54) is 5.69 Å². The maximum atomic E-state index is 12.2. The van der Waals surface area contributed by atoms with E-state index < -0.39 is 0 Å². The number of likely N-dealkylation sites (tertiary alicyclic amines) is 2. The van der Waals surface area contributed by atoms with E-state index in [4.69, 9.17) is 0 Å². The van der Waals surface area contributed by atoms with Gasteiger partial charge >= 0.3 is 0 Å². The van der Waals surface area contributed by atoms with Crippen LogP contribution in [0.5, 0.6) is 0 Å². The molecule has 2 aliphatic rings. The zero-order chi connectivity index (χ0) is 19.2. The topological polar surface area (TPSA) is 70.0 Å². The summed E-state index contributed by atoms with van der Waals surface area (Å²) in [6, 6.07) is 0.0699. The van der Waals surface area contributed by atoms with Crippen LogP contribution in [0.15, 0.2) is 11.6 Å². The predicted molar refractivity (Wildman–Crippen MR) is 105 cm³/mol. The average molecular weight is 390 g/mol. The molecule has 1 N–H and O–H groups in total. The number of piperidine rings is 1. The third kappa shape index (κ3) is 3.36. The van der Waals surface area contributed by atoms with Gasteiger partial charge in [-0.25, -0.2) is 4.98 Å². The van der Waals surface area contributed by atoms with Crippen LogP contribution in [0.25, 0.3) is 4.96 Å². The zero-order valence-corrected chi connectivity index (χ0v) is 17.0. The minimum Gasteiger partial charge on any atom is -0.352 e. The van der Waals surface area contributed by atoms with Gasteiger partial charge in [-0.3, -0.25) is 18.9 Å². The third-order valence-electron chi connectivity index (χ3n) is 6.11. The Hall–Kier alpha value is -1.93. The molecule has 4 heterocycles. The molecule has 2 fully saturated rings. The van der Waals surface area contributed by atoms with Gasteiger partial charge in [0.2, 0.25) is 11.8 Å². The molecule has 0 bridgehead atoms. The molecular formula is C19H27N5O2S. The van der Waals surface area contributed by atoms with Gasteiger partial charge in [-0.15, -0.1) is 11.3 Å². The fourth-order valence-electron chi connectivity index (χ4n) is 4.84. The first-order valence-corrected chi connectivity index (χ1v) is 10.4. The Bertz CT molecular complexity index is 865. The van der Waals surface area contributed by atoms with Crippen molar-refractivity contribution in [3.63, 3.8) is 0 Å². The molecule has 2 aliphatic heterocycles. The Balaban J connectivity index is 1.45. The van der Waals surface area contributed by atoms with Crippen molar-refractivity contribution in [1.82, 2.24) is 24.5 Å². The molecule has 7 nitrogen and oxygen atoms in total. The van der Waals surface area contributed by atoms with Crippen LogP contribution in [-0.4, -0.2) is 62.2 Å². The first-order chi connectivity index (χ1) is 12.9. The first kappa shape index (κ1) is 18.4. The number of thiazole rings is 1. The summed E-state index contributed by atoms with van der Waals surface area (Å²) in [5, 5.41) is 5.08. The second-order valence-electron chi connectivity index (χ2n) is 7.93. The lowest BCUT2D eigenvalue weighted by molar-refractivity contribution is -0.134. The molecule has 0 saturated carbocycles. The van der Waals surface area contributed by atoms with E-state index in [0.29, 0.717) is 6.54 Å². The van der Waals surface area contributed by atoms with Crippen molar-refractivity contribution < 1.29 is 9.59 Å². The third-order valence-corrected chi connectivity index (χ3v) is 6.87. The molecule has 4 rings (SSSR count). The molecule has 8 heteroatoms. The number of carbonyl (C=O) groups excluding carboxylic acids is 2. The normalized spacial score (nSPS) is 22.6. The van der Waals surface area contributed by atoms with Crippen molar-refractivity contribution in [3.05, 3.63) is 23.0 Å². The standard InChI is InChI=1S/C19H27N5O2S/c1-13-17(23-8-9-27-18(23)20-13)12-22-6-4-19(5-7-22)10-16(21-14(2)25)11-24(19)15(3)26/h8-9,16H,4-7,10-12H2,1-3H3,(H,21,25). The predicted octanol–water partition coefficient (Wildman–Crippen LogP) is 1.80. The maximum absolute atomic E-state index is 12.2. The number of hydrogen-bond donors (Lipinski definition) is 1. The molecule has 1 atom stereocenters. The van der Waals surface area contributed by atoms with E-state index in [1.54, 1.807) is 25.2 Å². The van der Waals surface area contributed by atoms with Crippen molar-refractivity contribution in [2.24, 2.45) is 0 Å². The number of carbonyl (C=O) groups is 2. The number of fused-ring (bicyclic) bond motifs is 1. The van der Waals surface area contributed by atoms with Gasteiger partial charge in [-0.1, -0.05) is 0 Å². The van der Waals surface area contributed by atoms with Gasteiger partial charge in [0, 0.05) is 63.2 Å². The number of imidazole rings is 1. The van der Waals surface area contributed by atoms with Crippen LogP contribution in [0.3, 0.4) is 0 Å². The highest BCUT2D eigenvalue weighted by Crippen LogP contribution is 2.39. The monoisotopic (exact) mass is 389 g/mol. The van der Waals surface area contributed by atoms with E-state index in [9.17, 15) is 9.59 Å². The summed E-state index contributed by atoms with van der Waals surface area (Å²) < 4.78 is 2.19. The van der Waals surface area contributed by atoms with Gasteiger partial charge in [0.1, 0.15) is 0 Å². The maximum Gasteiger partial charge on any atom is 0.219 e. The van der Waals surface area contributed by atoms with E-state index in [2.05, 4.69) is 38.1 Å². The molecule has 2 amide bonds. The Morgan fingerprint density at radius 1 is 1.33 bits per heavy atom. The Labute approximate surface area is 163 Å². The highest BCUT2D eigenvalue weighted by molar-refractivity contribution is 7.15. The van der Waals surface area contributed by atoms with Gasteiger partial charge < -0.3 is 10.2 Å². The molecule has 2 aromatic heterocycles. The second kappa shape index (κ2) is 6.91.